The van der Waals surface area contributed by atoms with Gasteiger partial charge >= 0.3 is 6.18 Å². The molecule has 1 aromatic carbocycles. The number of thiazole rings is 1. The van der Waals surface area contributed by atoms with Crippen LogP contribution in [0.4, 0.5) is 13.2 Å². The van der Waals surface area contributed by atoms with Crippen molar-refractivity contribution >= 4 is 11.3 Å². The molecule has 3 rings (SSSR count). The van der Waals surface area contributed by atoms with Crippen LogP contribution in [0.1, 0.15) is 16.8 Å². The Morgan fingerprint density at radius 3 is 2.27 bits per heavy atom. The fraction of sp³-hybridized carbons (Fsp3) is 0.188. The summed E-state index contributed by atoms with van der Waals surface area (Å²) < 4.78 is 41.4. The molecular weight excluding hydrogens is 309 g/mol. The summed E-state index contributed by atoms with van der Waals surface area (Å²) in [7, 11) is 0. The molecule has 0 unspecified atom stereocenters. The molecule has 0 radical (unpaired) electrons. The van der Waals surface area contributed by atoms with E-state index in [-0.39, 0.29) is 5.69 Å². The summed E-state index contributed by atoms with van der Waals surface area (Å²) in [4.78, 5) is 3.52. The van der Waals surface area contributed by atoms with Crippen LogP contribution in [0.3, 0.4) is 0 Å². The van der Waals surface area contributed by atoms with Crippen molar-refractivity contribution in [2.75, 3.05) is 0 Å². The van der Waals surface area contributed by atoms with Crippen molar-refractivity contribution in [3.8, 4) is 16.9 Å². The van der Waals surface area contributed by atoms with E-state index in [4.69, 9.17) is 0 Å². The first-order valence-corrected chi connectivity index (χ1v) is 7.61. The summed E-state index contributed by atoms with van der Waals surface area (Å²) in [5.74, 6) is 0. The quantitative estimate of drug-likeness (QED) is 0.649. The summed E-state index contributed by atoms with van der Waals surface area (Å²) in [6, 6.07) is 10.7. The van der Waals surface area contributed by atoms with Gasteiger partial charge in [0.2, 0.25) is 0 Å². The predicted molar refractivity (Wildman–Crippen MR) is 81.3 cm³/mol. The average molecular weight is 322 g/mol. The average Bonchev–Trinajstić information content (AvgIpc) is 3.16. The van der Waals surface area contributed by atoms with Crippen LogP contribution in [-0.4, -0.2) is 9.55 Å². The number of alkyl halides is 3. The summed E-state index contributed by atoms with van der Waals surface area (Å²) in [6.07, 6.45) is -0.114. The number of aromatic nitrogens is 2. The highest BCUT2D eigenvalue weighted by Crippen LogP contribution is 2.41. The van der Waals surface area contributed by atoms with Crippen molar-refractivity contribution in [2.45, 2.75) is 19.5 Å². The maximum absolute atomic E-state index is 13.2. The molecule has 3 aromatic rings. The lowest BCUT2D eigenvalue weighted by Crippen LogP contribution is -2.04. The van der Waals surface area contributed by atoms with Crippen molar-refractivity contribution in [1.82, 2.24) is 9.55 Å². The lowest BCUT2D eigenvalue weighted by molar-refractivity contribution is -0.134. The maximum Gasteiger partial charge on any atom is 0.427 e. The van der Waals surface area contributed by atoms with E-state index >= 15 is 0 Å². The topological polar surface area (TPSA) is 17.8 Å². The molecule has 0 aliphatic heterocycles. The predicted octanol–water partition coefficient (Wildman–Crippen LogP) is 5.18. The fourth-order valence-electron chi connectivity index (χ4n) is 2.20. The molecule has 2 heterocycles. The summed E-state index contributed by atoms with van der Waals surface area (Å²) in [5, 5.41) is 0.497. The minimum absolute atomic E-state index is 0.0217. The van der Waals surface area contributed by atoms with E-state index in [1.807, 2.05) is 29.1 Å². The standard InChI is InChI=1S/C16H13F3N2S/c1-2-13-20-14(15(22-13)16(17,18)19)11-5-7-12(8-6-11)21-9-3-4-10-21/h3-10H,2H2,1H3. The van der Waals surface area contributed by atoms with E-state index in [0.717, 1.165) is 17.0 Å². The molecule has 0 saturated carbocycles. The van der Waals surface area contributed by atoms with Crippen LogP contribution in [0.15, 0.2) is 48.8 Å². The first-order chi connectivity index (χ1) is 10.5. The fourth-order valence-corrected chi connectivity index (χ4v) is 3.09. The van der Waals surface area contributed by atoms with E-state index in [1.165, 1.54) is 0 Å². The zero-order chi connectivity index (χ0) is 15.7. The maximum atomic E-state index is 13.2. The third kappa shape index (κ3) is 2.78. The summed E-state index contributed by atoms with van der Waals surface area (Å²) in [6.45, 7) is 1.80. The second kappa shape index (κ2) is 5.61. The van der Waals surface area contributed by atoms with Gasteiger partial charge in [-0.25, -0.2) is 4.98 Å². The van der Waals surface area contributed by atoms with E-state index in [0.29, 0.717) is 17.0 Å². The van der Waals surface area contributed by atoms with E-state index in [2.05, 4.69) is 4.98 Å². The van der Waals surface area contributed by atoms with Crippen LogP contribution in [0, 0.1) is 0 Å². The highest BCUT2D eigenvalue weighted by Gasteiger charge is 2.37. The van der Waals surface area contributed by atoms with Crippen molar-refractivity contribution in [2.24, 2.45) is 0 Å². The van der Waals surface area contributed by atoms with Gasteiger partial charge in [0.1, 0.15) is 4.88 Å². The first kappa shape index (κ1) is 14.8. The second-order valence-electron chi connectivity index (χ2n) is 4.77. The Morgan fingerprint density at radius 2 is 1.73 bits per heavy atom. The molecule has 0 N–H and O–H groups in total. The minimum atomic E-state index is -4.38. The molecule has 0 bridgehead atoms. The molecule has 0 spiro atoms. The first-order valence-electron chi connectivity index (χ1n) is 6.79. The lowest BCUT2D eigenvalue weighted by atomic mass is 10.1. The van der Waals surface area contributed by atoms with Gasteiger partial charge in [-0.05, 0) is 30.7 Å². The largest absolute Gasteiger partial charge is 0.427 e. The zero-order valence-electron chi connectivity index (χ0n) is 11.8. The van der Waals surface area contributed by atoms with Gasteiger partial charge in [0.25, 0.3) is 0 Å². The Kier molecular flexibility index (Phi) is 3.78. The molecular formula is C16H13F3N2S. The Bertz CT molecular complexity index is 756. The highest BCUT2D eigenvalue weighted by atomic mass is 32.1. The molecule has 6 heteroatoms. The van der Waals surface area contributed by atoms with Crippen LogP contribution in [0.25, 0.3) is 16.9 Å². The molecule has 0 aliphatic rings. The van der Waals surface area contributed by atoms with Crippen molar-refractivity contribution in [3.63, 3.8) is 0 Å². The van der Waals surface area contributed by atoms with Crippen LogP contribution in [0.2, 0.25) is 0 Å². The number of rotatable bonds is 3. The normalized spacial score (nSPS) is 11.8. The molecule has 0 atom stereocenters. The number of nitrogens with zero attached hydrogens (tertiary/aromatic N) is 2. The van der Waals surface area contributed by atoms with Gasteiger partial charge in [0, 0.05) is 23.6 Å². The van der Waals surface area contributed by atoms with Crippen LogP contribution < -0.4 is 0 Å². The summed E-state index contributed by atoms with van der Waals surface area (Å²) >= 11 is 0.722. The second-order valence-corrected chi connectivity index (χ2v) is 5.86. The highest BCUT2D eigenvalue weighted by molar-refractivity contribution is 7.12. The summed E-state index contributed by atoms with van der Waals surface area (Å²) in [5.41, 5.74) is 1.40. The van der Waals surface area contributed by atoms with Gasteiger partial charge in [-0.15, -0.1) is 11.3 Å². The Morgan fingerprint density at radius 1 is 1.09 bits per heavy atom. The minimum Gasteiger partial charge on any atom is -0.324 e. The van der Waals surface area contributed by atoms with Gasteiger partial charge in [-0.1, -0.05) is 19.1 Å². The molecule has 22 heavy (non-hydrogen) atoms. The smallest absolute Gasteiger partial charge is 0.324 e. The number of benzene rings is 1. The molecule has 2 nitrogen and oxygen atoms in total. The lowest BCUT2D eigenvalue weighted by Gasteiger charge is -2.07. The Balaban J connectivity index is 2.02. The molecule has 0 saturated heterocycles. The van der Waals surface area contributed by atoms with Crippen molar-refractivity contribution in [3.05, 3.63) is 58.7 Å². The molecule has 2 aromatic heterocycles. The van der Waals surface area contributed by atoms with Crippen LogP contribution >= 0.6 is 11.3 Å². The molecule has 0 fully saturated rings. The van der Waals surface area contributed by atoms with Crippen LogP contribution in [0.5, 0.6) is 0 Å². The number of hydrogen-bond donors (Lipinski definition) is 0. The van der Waals surface area contributed by atoms with E-state index < -0.39 is 11.1 Å². The van der Waals surface area contributed by atoms with Crippen LogP contribution in [-0.2, 0) is 12.6 Å². The third-order valence-electron chi connectivity index (χ3n) is 3.27. The molecule has 114 valence electrons. The molecule has 0 aliphatic carbocycles. The van der Waals surface area contributed by atoms with Gasteiger partial charge in [0.15, 0.2) is 0 Å². The zero-order valence-corrected chi connectivity index (χ0v) is 12.6. The van der Waals surface area contributed by atoms with E-state index in [9.17, 15) is 13.2 Å². The van der Waals surface area contributed by atoms with Gasteiger partial charge < -0.3 is 4.57 Å². The number of aryl methyl sites for hydroxylation is 1. The van der Waals surface area contributed by atoms with E-state index in [1.54, 1.807) is 31.2 Å². The van der Waals surface area contributed by atoms with Crippen molar-refractivity contribution in [1.29, 1.82) is 0 Å². The SMILES string of the molecule is CCc1nc(-c2ccc(-n3cccc3)cc2)c(C(F)(F)F)s1. The van der Waals surface area contributed by atoms with Crippen molar-refractivity contribution < 1.29 is 13.2 Å². The molecule has 0 amide bonds. The number of hydrogen-bond acceptors (Lipinski definition) is 2. The third-order valence-corrected chi connectivity index (χ3v) is 4.52. The van der Waals surface area contributed by atoms with Gasteiger partial charge in [-0.2, -0.15) is 13.2 Å². The number of halogens is 3. The van der Waals surface area contributed by atoms with Gasteiger partial charge in [-0.3, -0.25) is 0 Å². The monoisotopic (exact) mass is 322 g/mol. The Labute approximate surface area is 129 Å². The Hall–Kier alpha value is -2.08. The van der Waals surface area contributed by atoms with Gasteiger partial charge in [0.05, 0.1) is 10.7 Å².